The molecule has 1 aromatic rings. The van der Waals surface area contributed by atoms with E-state index in [1.54, 1.807) is 0 Å². The first-order chi connectivity index (χ1) is 9.25. The van der Waals surface area contributed by atoms with Gasteiger partial charge in [-0.25, -0.2) is 0 Å². The van der Waals surface area contributed by atoms with Crippen molar-refractivity contribution < 1.29 is 4.79 Å². The molecule has 1 aliphatic heterocycles. The Bertz CT molecular complexity index is 375. The lowest BCUT2D eigenvalue weighted by Crippen LogP contribution is -2.37. The molecule has 1 saturated heterocycles. The third-order valence-corrected chi connectivity index (χ3v) is 3.98. The van der Waals surface area contributed by atoms with Crippen molar-refractivity contribution in [1.29, 1.82) is 0 Å². The zero-order valence-electron chi connectivity index (χ0n) is 11.8. The minimum absolute atomic E-state index is 0.186. The van der Waals surface area contributed by atoms with Crippen molar-refractivity contribution in [3.63, 3.8) is 0 Å². The van der Waals surface area contributed by atoms with Crippen molar-refractivity contribution in [3.05, 3.63) is 24.5 Å². The fraction of sp³-hybridized carbons (Fsp3) is 0.667. The van der Waals surface area contributed by atoms with Gasteiger partial charge in [0.25, 0.3) is 0 Å². The smallest absolute Gasteiger partial charge is 0.220 e. The van der Waals surface area contributed by atoms with Gasteiger partial charge in [0, 0.05) is 37.9 Å². The van der Waals surface area contributed by atoms with Crippen LogP contribution in [0.1, 0.15) is 32.1 Å². The summed E-state index contributed by atoms with van der Waals surface area (Å²) in [4.78, 5) is 14.2. The Labute approximate surface area is 115 Å². The molecule has 1 aliphatic rings. The first-order valence-corrected chi connectivity index (χ1v) is 7.33. The van der Waals surface area contributed by atoms with Crippen LogP contribution >= 0.6 is 0 Å². The van der Waals surface area contributed by atoms with Gasteiger partial charge >= 0.3 is 0 Å². The Morgan fingerprint density at radius 1 is 1.32 bits per heavy atom. The van der Waals surface area contributed by atoms with Gasteiger partial charge in [0.05, 0.1) is 0 Å². The van der Waals surface area contributed by atoms with E-state index < -0.39 is 0 Å². The van der Waals surface area contributed by atoms with Gasteiger partial charge in [-0.1, -0.05) is 6.42 Å². The minimum atomic E-state index is 0.186. The highest BCUT2D eigenvalue weighted by molar-refractivity contribution is 5.75. The Hall–Kier alpha value is -1.29. The second-order valence-electron chi connectivity index (χ2n) is 5.44. The number of piperidine rings is 1. The van der Waals surface area contributed by atoms with Crippen LogP contribution in [0.3, 0.4) is 0 Å². The topological polar surface area (TPSA) is 37.3 Å². The molecule has 4 heteroatoms. The van der Waals surface area contributed by atoms with Crippen LogP contribution in [0.4, 0.5) is 0 Å². The molecular formula is C15H25N3O. The summed E-state index contributed by atoms with van der Waals surface area (Å²) >= 11 is 0. The van der Waals surface area contributed by atoms with Crippen LogP contribution in [0.15, 0.2) is 24.5 Å². The second kappa shape index (κ2) is 7.34. The van der Waals surface area contributed by atoms with E-state index in [0.29, 0.717) is 19.0 Å². The van der Waals surface area contributed by atoms with Crippen LogP contribution < -0.4 is 5.32 Å². The van der Waals surface area contributed by atoms with E-state index in [0.717, 1.165) is 13.0 Å². The number of hydrogen-bond acceptors (Lipinski definition) is 2. The van der Waals surface area contributed by atoms with E-state index >= 15 is 0 Å². The first-order valence-electron chi connectivity index (χ1n) is 7.33. The van der Waals surface area contributed by atoms with Crippen LogP contribution in [0.2, 0.25) is 0 Å². The standard InChI is InChI=1S/C15H25N3O/c1-17-10-3-2-6-14(17)7-8-15(19)16-9-13-18-11-4-5-12-18/h4-5,11-12,14H,2-3,6-10,13H2,1H3,(H,16,19). The van der Waals surface area contributed by atoms with Crippen molar-refractivity contribution in [1.82, 2.24) is 14.8 Å². The maximum absolute atomic E-state index is 11.8. The molecule has 1 fully saturated rings. The molecule has 0 radical (unpaired) electrons. The van der Waals surface area contributed by atoms with Crippen molar-refractivity contribution >= 4 is 5.91 Å². The van der Waals surface area contributed by atoms with Gasteiger partial charge in [-0.05, 0) is 45.0 Å². The average molecular weight is 263 g/mol. The number of likely N-dealkylation sites (tertiary alicyclic amines) is 1. The number of carbonyl (C=O) groups excluding carboxylic acids is 1. The Morgan fingerprint density at radius 2 is 2.11 bits per heavy atom. The van der Waals surface area contributed by atoms with Gasteiger partial charge in [-0.15, -0.1) is 0 Å². The summed E-state index contributed by atoms with van der Waals surface area (Å²) in [6, 6.07) is 4.60. The van der Waals surface area contributed by atoms with Crippen LogP contribution in [-0.2, 0) is 11.3 Å². The minimum Gasteiger partial charge on any atom is -0.354 e. The van der Waals surface area contributed by atoms with E-state index in [-0.39, 0.29) is 5.91 Å². The zero-order chi connectivity index (χ0) is 13.5. The predicted octanol–water partition coefficient (Wildman–Crippen LogP) is 1.87. The Morgan fingerprint density at radius 3 is 2.84 bits per heavy atom. The molecular weight excluding hydrogens is 238 g/mol. The second-order valence-corrected chi connectivity index (χ2v) is 5.44. The monoisotopic (exact) mass is 263 g/mol. The molecule has 0 aliphatic carbocycles. The molecule has 1 N–H and O–H groups in total. The van der Waals surface area contributed by atoms with E-state index in [9.17, 15) is 4.79 Å². The molecule has 1 unspecified atom stereocenters. The highest BCUT2D eigenvalue weighted by atomic mass is 16.1. The van der Waals surface area contributed by atoms with Crippen molar-refractivity contribution in [2.24, 2.45) is 0 Å². The van der Waals surface area contributed by atoms with Gasteiger partial charge in [0.2, 0.25) is 5.91 Å². The molecule has 0 spiro atoms. The molecule has 4 nitrogen and oxygen atoms in total. The van der Waals surface area contributed by atoms with E-state index in [1.807, 2.05) is 24.5 Å². The van der Waals surface area contributed by atoms with Gasteiger partial charge < -0.3 is 14.8 Å². The maximum Gasteiger partial charge on any atom is 0.220 e. The van der Waals surface area contributed by atoms with Crippen molar-refractivity contribution in [2.45, 2.75) is 44.7 Å². The lowest BCUT2D eigenvalue weighted by Gasteiger charge is -2.32. The number of carbonyl (C=O) groups is 1. The lowest BCUT2D eigenvalue weighted by atomic mass is 9.98. The molecule has 0 saturated carbocycles. The molecule has 1 atom stereocenters. The third kappa shape index (κ3) is 4.71. The lowest BCUT2D eigenvalue weighted by molar-refractivity contribution is -0.121. The third-order valence-electron chi connectivity index (χ3n) is 3.98. The molecule has 106 valence electrons. The normalized spacial score (nSPS) is 20.4. The van der Waals surface area contributed by atoms with Gasteiger partial charge in [-0.3, -0.25) is 4.79 Å². The van der Waals surface area contributed by atoms with Crippen LogP contribution in [-0.4, -0.2) is 41.6 Å². The van der Waals surface area contributed by atoms with Gasteiger partial charge in [0.1, 0.15) is 0 Å². The van der Waals surface area contributed by atoms with Gasteiger partial charge in [-0.2, -0.15) is 0 Å². The first kappa shape index (κ1) is 14.1. The SMILES string of the molecule is CN1CCCCC1CCC(=O)NCCn1cccc1. The number of nitrogens with one attached hydrogen (secondary N) is 1. The number of nitrogens with zero attached hydrogens (tertiary/aromatic N) is 2. The Kier molecular flexibility index (Phi) is 5.45. The molecule has 19 heavy (non-hydrogen) atoms. The summed E-state index contributed by atoms with van der Waals surface area (Å²) < 4.78 is 2.08. The van der Waals surface area contributed by atoms with E-state index in [4.69, 9.17) is 0 Å². The fourth-order valence-electron chi connectivity index (χ4n) is 2.74. The fourth-order valence-corrected chi connectivity index (χ4v) is 2.74. The summed E-state index contributed by atoms with van der Waals surface area (Å²) in [5.41, 5.74) is 0. The summed E-state index contributed by atoms with van der Waals surface area (Å²) in [5.74, 6) is 0.186. The van der Waals surface area contributed by atoms with Crippen LogP contribution in [0, 0.1) is 0 Å². The molecule has 2 heterocycles. The van der Waals surface area contributed by atoms with E-state index in [2.05, 4.69) is 21.8 Å². The molecule has 0 bridgehead atoms. The highest BCUT2D eigenvalue weighted by Gasteiger charge is 2.19. The van der Waals surface area contributed by atoms with Crippen molar-refractivity contribution in [3.8, 4) is 0 Å². The van der Waals surface area contributed by atoms with Crippen LogP contribution in [0.5, 0.6) is 0 Å². The summed E-state index contributed by atoms with van der Waals surface area (Å²) in [5, 5.41) is 3.00. The molecule has 1 aromatic heterocycles. The molecule has 1 amide bonds. The summed E-state index contributed by atoms with van der Waals surface area (Å²) in [7, 11) is 2.17. The maximum atomic E-state index is 11.8. The van der Waals surface area contributed by atoms with Crippen LogP contribution in [0.25, 0.3) is 0 Å². The number of amides is 1. The molecule has 2 rings (SSSR count). The zero-order valence-corrected chi connectivity index (χ0v) is 11.8. The van der Waals surface area contributed by atoms with Gasteiger partial charge in [0.15, 0.2) is 0 Å². The quantitative estimate of drug-likeness (QED) is 0.850. The van der Waals surface area contributed by atoms with Crippen molar-refractivity contribution in [2.75, 3.05) is 20.1 Å². The number of hydrogen-bond donors (Lipinski definition) is 1. The average Bonchev–Trinajstić information content (AvgIpc) is 2.91. The highest BCUT2D eigenvalue weighted by Crippen LogP contribution is 2.18. The summed E-state index contributed by atoms with van der Waals surface area (Å²) in [6.45, 7) is 2.75. The number of rotatable bonds is 6. The largest absolute Gasteiger partial charge is 0.354 e. The predicted molar refractivity (Wildman–Crippen MR) is 76.9 cm³/mol. The number of aromatic nitrogens is 1. The molecule has 0 aromatic carbocycles. The summed E-state index contributed by atoms with van der Waals surface area (Å²) in [6.07, 6.45) is 9.53. The van der Waals surface area contributed by atoms with E-state index in [1.165, 1.54) is 25.8 Å². The Balaban J connectivity index is 1.59.